The molecule has 0 unspecified atom stereocenters. The number of aryl methyl sites for hydroxylation is 1. The normalized spacial score (nSPS) is 16.8. The Morgan fingerprint density at radius 2 is 2.22 bits per heavy atom. The van der Waals surface area contributed by atoms with Gasteiger partial charge in [0.05, 0.1) is 4.88 Å². The second kappa shape index (κ2) is 6.31. The molecule has 1 aliphatic rings. The van der Waals surface area contributed by atoms with Crippen LogP contribution in [0.25, 0.3) is 0 Å². The number of nitrogens with one attached hydrogen (secondary N) is 1. The van der Waals surface area contributed by atoms with Crippen molar-refractivity contribution < 1.29 is 4.79 Å². The molecule has 0 aliphatic carbocycles. The smallest absolute Gasteiger partial charge is 0.263 e. The van der Waals surface area contributed by atoms with Crippen LogP contribution in [0.5, 0.6) is 0 Å². The number of likely N-dealkylation sites (N-methyl/N-ethyl adjacent to an activating group) is 1. The van der Waals surface area contributed by atoms with Crippen LogP contribution in [0.4, 0.5) is 0 Å². The number of amides is 1. The standard InChI is InChI=1S/C13H21N3OS/c1-11-3-10-18-12(11)13(17)15(2)8-9-16-6-4-14-5-7-16/h3,10,14H,4-9H2,1-2H3. The molecule has 100 valence electrons. The zero-order valence-corrected chi connectivity index (χ0v) is 11.9. The molecule has 1 fully saturated rings. The summed E-state index contributed by atoms with van der Waals surface area (Å²) in [6.07, 6.45) is 0. The molecule has 0 atom stereocenters. The van der Waals surface area contributed by atoms with Gasteiger partial charge in [-0.05, 0) is 23.9 Å². The van der Waals surface area contributed by atoms with Gasteiger partial charge in [0.25, 0.3) is 5.91 Å². The average molecular weight is 267 g/mol. The summed E-state index contributed by atoms with van der Waals surface area (Å²) < 4.78 is 0. The van der Waals surface area contributed by atoms with E-state index in [9.17, 15) is 4.79 Å². The van der Waals surface area contributed by atoms with Crippen molar-refractivity contribution in [3.63, 3.8) is 0 Å². The summed E-state index contributed by atoms with van der Waals surface area (Å²) in [5, 5.41) is 5.31. The summed E-state index contributed by atoms with van der Waals surface area (Å²) >= 11 is 1.53. The molecule has 0 spiro atoms. The molecule has 1 amide bonds. The van der Waals surface area contributed by atoms with Gasteiger partial charge in [-0.2, -0.15) is 0 Å². The molecular formula is C13H21N3OS. The number of carbonyl (C=O) groups is 1. The molecule has 0 saturated carbocycles. The second-order valence-electron chi connectivity index (χ2n) is 4.75. The molecule has 2 heterocycles. The predicted octanol–water partition coefficient (Wildman–Crippen LogP) is 1.03. The maximum Gasteiger partial charge on any atom is 0.263 e. The Bertz CT molecular complexity index is 399. The summed E-state index contributed by atoms with van der Waals surface area (Å²) in [6.45, 7) is 8.04. The fourth-order valence-corrected chi connectivity index (χ4v) is 3.01. The van der Waals surface area contributed by atoms with Crippen molar-refractivity contribution in [2.75, 3.05) is 46.3 Å². The van der Waals surface area contributed by atoms with Gasteiger partial charge in [-0.25, -0.2) is 0 Å². The van der Waals surface area contributed by atoms with E-state index in [1.807, 2.05) is 30.3 Å². The van der Waals surface area contributed by atoms with E-state index >= 15 is 0 Å². The van der Waals surface area contributed by atoms with Gasteiger partial charge in [0.15, 0.2) is 0 Å². The number of carbonyl (C=O) groups excluding carboxylic acids is 1. The van der Waals surface area contributed by atoms with Crippen molar-refractivity contribution in [2.45, 2.75) is 6.92 Å². The van der Waals surface area contributed by atoms with Gasteiger partial charge < -0.3 is 10.2 Å². The maximum atomic E-state index is 12.2. The lowest BCUT2D eigenvalue weighted by atomic mass is 10.2. The summed E-state index contributed by atoms with van der Waals surface area (Å²) in [5.41, 5.74) is 1.08. The molecule has 1 aliphatic heterocycles. The van der Waals surface area contributed by atoms with Crippen LogP contribution >= 0.6 is 11.3 Å². The lowest BCUT2D eigenvalue weighted by Gasteiger charge is -2.29. The van der Waals surface area contributed by atoms with E-state index in [1.54, 1.807) is 0 Å². The van der Waals surface area contributed by atoms with Gasteiger partial charge >= 0.3 is 0 Å². The molecule has 18 heavy (non-hydrogen) atoms. The lowest BCUT2D eigenvalue weighted by Crippen LogP contribution is -2.46. The van der Waals surface area contributed by atoms with Crippen molar-refractivity contribution in [1.82, 2.24) is 15.1 Å². The molecule has 1 saturated heterocycles. The SMILES string of the molecule is Cc1ccsc1C(=O)N(C)CCN1CCNCC1. The summed E-state index contributed by atoms with van der Waals surface area (Å²) in [6, 6.07) is 2.00. The van der Waals surface area contributed by atoms with Gasteiger partial charge in [0.2, 0.25) is 0 Å². The topological polar surface area (TPSA) is 35.6 Å². The first-order chi connectivity index (χ1) is 8.68. The summed E-state index contributed by atoms with van der Waals surface area (Å²) in [4.78, 5) is 17.3. The Hall–Kier alpha value is -0.910. The molecule has 5 heteroatoms. The Kier molecular flexibility index (Phi) is 4.74. The zero-order valence-electron chi connectivity index (χ0n) is 11.1. The fourth-order valence-electron chi connectivity index (χ4n) is 2.09. The van der Waals surface area contributed by atoms with Crippen LogP contribution < -0.4 is 5.32 Å². The predicted molar refractivity (Wildman–Crippen MR) is 75.3 cm³/mol. The van der Waals surface area contributed by atoms with Gasteiger partial charge in [-0.3, -0.25) is 9.69 Å². The van der Waals surface area contributed by atoms with Gasteiger partial charge in [0.1, 0.15) is 0 Å². The highest BCUT2D eigenvalue weighted by atomic mass is 32.1. The van der Waals surface area contributed by atoms with Crippen molar-refractivity contribution in [2.24, 2.45) is 0 Å². The third-order valence-corrected chi connectivity index (χ3v) is 4.37. The highest BCUT2D eigenvalue weighted by Gasteiger charge is 2.16. The molecular weight excluding hydrogens is 246 g/mol. The second-order valence-corrected chi connectivity index (χ2v) is 5.67. The quantitative estimate of drug-likeness (QED) is 0.885. The van der Waals surface area contributed by atoms with Gasteiger partial charge in [0, 0.05) is 46.3 Å². The minimum absolute atomic E-state index is 0.151. The van der Waals surface area contributed by atoms with Gasteiger partial charge in [-0.15, -0.1) is 11.3 Å². The van der Waals surface area contributed by atoms with E-state index in [-0.39, 0.29) is 5.91 Å². The summed E-state index contributed by atoms with van der Waals surface area (Å²) in [7, 11) is 1.89. The highest BCUT2D eigenvalue weighted by molar-refractivity contribution is 7.12. The van der Waals surface area contributed by atoms with Crippen molar-refractivity contribution in [3.05, 3.63) is 21.9 Å². The van der Waals surface area contributed by atoms with E-state index in [0.29, 0.717) is 0 Å². The lowest BCUT2D eigenvalue weighted by molar-refractivity contribution is 0.0779. The van der Waals surface area contributed by atoms with E-state index in [0.717, 1.165) is 49.7 Å². The first-order valence-corrected chi connectivity index (χ1v) is 7.29. The molecule has 2 rings (SSSR count). The molecule has 4 nitrogen and oxygen atoms in total. The monoisotopic (exact) mass is 267 g/mol. The Morgan fingerprint density at radius 1 is 1.50 bits per heavy atom. The molecule has 0 bridgehead atoms. The Labute approximate surface area is 113 Å². The zero-order chi connectivity index (χ0) is 13.0. The molecule has 1 aromatic rings. The number of hydrogen-bond donors (Lipinski definition) is 1. The van der Waals surface area contributed by atoms with Crippen LogP contribution in [-0.4, -0.2) is 62.0 Å². The van der Waals surface area contributed by atoms with Crippen molar-refractivity contribution in [1.29, 1.82) is 0 Å². The Morgan fingerprint density at radius 3 is 2.83 bits per heavy atom. The number of piperazine rings is 1. The first-order valence-electron chi connectivity index (χ1n) is 6.41. The number of hydrogen-bond acceptors (Lipinski definition) is 4. The number of nitrogens with zero attached hydrogens (tertiary/aromatic N) is 2. The first kappa shape index (κ1) is 13.5. The molecule has 1 aromatic heterocycles. The van der Waals surface area contributed by atoms with E-state index in [4.69, 9.17) is 0 Å². The van der Waals surface area contributed by atoms with Crippen molar-refractivity contribution in [3.8, 4) is 0 Å². The molecule has 1 N–H and O–H groups in total. The summed E-state index contributed by atoms with van der Waals surface area (Å²) in [5.74, 6) is 0.151. The minimum atomic E-state index is 0.151. The Balaban J connectivity index is 1.82. The minimum Gasteiger partial charge on any atom is -0.340 e. The van der Waals surface area contributed by atoms with Crippen LogP contribution in [0, 0.1) is 6.92 Å². The van der Waals surface area contributed by atoms with E-state index in [1.165, 1.54) is 11.3 Å². The average Bonchev–Trinajstić information content (AvgIpc) is 2.82. The van der Waals surface area contributed by atoms with Crippen LogP contribution in [0.15, 0.2) is 11.4 Å². The van der Waals surface area contributed by atoms with Crippen LogP contribution in [-0.2, 0) is 0 Å². The van der Waals surface area contributed by atoms with Crippen LogP contribution in [0.1, 0.15) is 15.2 Å². The highest BCUT2D eigenvalue weighted by Crippen LogP contribution is 2.17. The molecule has 0 aromatic carbocycles. The number of rotatable bonds is 4. The maximum absolute atomic E-state index is 12.2. The third-order valence-electron chi connectivity index (χ3n) is 3.36. The number of thiophene rings is 1. The van der Waals surface area contributed by atoms with Gasteiger partial charge in [-0.1, -0.05) is 0 Å². The van der Waals surface area contributed by atoms with Crippen LogP contribution in [0.2, 0.25) is 0 Å². The van der Waals surface area contributed by atoms with Crippen LogP contribution in [0.3, 0.4) is 0 Å². The largest absolute Gasteiger partial charge is 0.340 e. The van der Waals surface area contributed by atoms with E-state index in [2.05, 4.69) is 10.2 Å². The molecule has 0 radical (unpaired) electrons. The van der Waals surface area contributed by atoms with Crippen molar-refractivity contribution >= 4 is 17.2 Å². The van der Waals surface area contributed by atoms with E-state index < -0.39 is 0 Å². The third kappa shape index (κ3) is 3.31. The fraction of sp³-hybridized carbons (Fsp3) is 0.615.